The van der Waals surface area contributed by atoms with Gasteiger partial charge in [-0.3, -0.25) is 10.2 Å². The second-order valence-electron chi connectivity index (χ2n) is 14.4. The summed E-state index contributed by atoms with van der Waals surface area (Å²) in [5, 5.41) is 51.5. The summed E-state index contributed by atoms with van der Waals surface area (Å²) in [7, 11) is 0. The Morgan fingerprint density at radius 1 is 1.04 bits per heavy atom. The number of carbonyl (C=O) groups is 1. The van der Waals surface area contributed by atoms with Crippen molar-refractivity contribution in [3.05, 3.63) is 93.9 Å². The average Bonchev–Trinajstić information content (AvgIpc) is 3.82. The third-order valence-electron chi connectivity index (χ3n) is 9.71. The summed E-state index contributed by atoms with van der Waals surface area (Å²) >= 11 is 6.17. The number of hydrogen-bond donors (Lipinski definition) is 5. The molecule has 13 nitrogen and oxygen atoms in total. The van der Waals surface area contributed by atoms with Crippen LogP contribution in [0.15, 0.2) is 60.7 Å². The van der Waals surface area contributed by atoms with E-state index >= 15 is 0 Å². The number of aliphatic hydroxyl groups is 2. The Labute approximate surface area is 306 Å². The molecular weight excluding hydrogens is 684 g/mol. The molecule has 272 valence electrons. The van der Waals surface area contributed by atoms with E-state index in [0.29, 0.717) is 65.5 Å². The minimum absolute atomic E-state index is 0.0939. The number of aryl methyl sites for hydroxylation is 1. The number of anilines is 2. The summed E-state index contributed by atoms with van der Waals surface area (Å²) in [5.41, 5.74) is 5.01. The molecule has 2 aromatic heterocycles. The lowest BCUT2D eigenvalue weighted by Gasteiger charge is -2.28. The Morgan fingerprint density at radius 3 is 2.58 bits per heavy atom. The first-order chi connectivity index (χ1) is 24.9. The maximum absolute atomic E-state index is 13.5. The van der Waals surface area contributed by atoms with Crippen molar-refractivity contribution in [1.29, 1.82) is 0 Å². The van der Waals surface area contributed by atoms with Crippen molar-refractivity contribution in [3.63, 3.8) is 0 Å². The molecule has 0 fully saturated rings. The van der Waals surface area contributed by atoms with Crippen molar-refractivity contribution in [2.24, 2.45) is 0 Å². The van der Waals surface area contributed by atoms with Crippen LogP contribution < -0.4 is 15.4 Å². The van der Waals surface area contributed by atoms with Crippen LogP contribution >= 0.6 is 11.6 Å². The third-order valence-corrected chi connectivity index (χ3v) is 9.94. The minimum Gasteiger partial charge on any atom is -0.507 e. The number of phenolic OH excluding ortho intramolecular Hbond substituents is 1. The van der Waals surface area contributed by atoms with Crippen molar-refractivity contribution in [2.75, 3.05) is 36.9 Å². The number of benzene rings is 3. The van der Waals surface area contributed by atoms with Crippen LogP contribution in [0.5, 0.6) is 11.5 Å². The van der Waals surface area contributed by atoms with Crippen molar-refractivity contribution in [3.8, 4) is 28.6 Å². The van der Waals surface area contributed by atoms with Crippen LogP contribution in [0, 0.1) is 6.92 Å². The fourth-order valence-electron chi connectivity index (χ4n) is 6.83. The van der Waals surface area contributed by atoms with E-state index in [1.165, 1.54) is 0 Å². The van der Waals surface area contributed by atoms with Gasteiger partial charge in [-0.25, -0.2) is 9.48 Å². The molecular formula is C38H43ClN8O5. The van der Waals surface area contributed by atoms with Gasteiger partial charge in [-0.05, 0) is 55.0 Å². The van der Waals surface area contributed by atoms with Gasteiger partial charge in [-0.2, -0.15) is 5.10 Å². The second-order valence-corrected chi connectivity index (χ2v) is 14.9. The monoisotopic (exact) mass is 726 g/mol. The highest BCUT2D eigenvalue weighted by Crippen LogP contribution is 2.43. The molecule has 7 rings (SSSR count). The number of hydrogen-bond acceptors (Lipinski definition) is 9. The number of ether oxygens (including phenoxy) is 1. The highest BCUT2D eigenvalue weighted by atomic mass is 35.5. The number of fused-ring (bicyclic) bond motifs is 2. The predicted molar refractivity (Wildman–Crippen MR) is 199 cm³/mol. The maximum Gasteiger partial charge on any atom is 0.324 e. The highest BCUT2D eigenvalue weighted by molar-refractivity contribution is 6.30. The van der Waals surface area contributed by atoms with E-state index in [1.807, 2.05) is 41.8 Å². The Hall–Kier alpha value is -4.95. The third kappa shape index (κ3) is 7.09. The van der Waals surface area contributed by atoms with E-state index in [-0.39, 0.29) is 24.2 Å². The molecule has 0 radical (unpaired) electrons. The van der Waals surface area contributed by atoms with Crippen molar-refractivity contribution in [1.82, 2.24) is 29.4 Å². The lowest BCUT2D eigenvalue weighted by molar-refractivity contribution is 0.117. The molecule has 5 aromatic rings. The highest BCUT2D eigenvalue weighted by Gasteiger charge is 2.36. The maximum atomic E-state index is 13.5. The lowest BCUT2D eigenvalue weighted by Crippen LogP contribution is -2.36. The number of urea groups is 1. The van der Waals surface area contributed by atoms with Crippen LogP contribution in [0.25, 0.3) is 17.1 Å². The van der Waals surface area contributed by atoms with E-state index in [4.69, 9.17) is 21.4 Å². The first kappa shape index (κ1) is 35.5. The number of halogens is 1. The quantitative estimate of drug-likeness (QED) is 0.130. The summed E-state index contributed by atoms with van der Waals surface area (Å²) in [4.78, 5) is 15.7. The van der Waals surface area contributed by atoms with Gasteiger partial charge < -0.3 is 29.9 Å². The van der Waals surface area contributed by atoms with Crippen molar-refractivity contribution < 1.29 is 24.9 Å². The number of carbonyl (C=O) groups excluding carboxylic acids is 1. The van der Waals surface area contributed by atoms with Crippen molar-refractivity contribution >= 4 is 29.1 Å². The molecule has 14 heteroatoms. The molecule has 5 N–H and O–H groups in total. The summed E-state index contributed by atoms with van der Waals surface area (Å²) in [5.74, 6) is 1.96. The van der Waals surface area contributed by atoms with Crippen LogP contribution in [0.3, 0.4) is 0 Å². The van der Waals surface area contributed by atoms with E-state index in [9.17, 15) is 20.1 Å². The van der Waals surface area contributed by atoms with E-state index < -0.39 is 18.1 Å². The van der Waals surface area contributed by atoms with Gasteiger partial charge >= 0.3 is 6.03 Å². The number of nitrogens with zero attached hydrogens (tertiary/aromatic N) is 6. The fourth-order valence-corrected chi connectivity index (χ4v) is 7.00. The Morgan fingerprint density at radius 2 is 1.83 bits per heavy atom. The molecule has 1 aliphatic heterocycles. The summed E-state index contributed by atoms with van der Waals surface area (Å²) < 4.78 is 10.0. The lowest BCUT2D eigenvalue weighted by atomic mass is 9.92. The molecule has 2 atom stereocenters. The van der Waals surface area contributed by atoms with Crippen LogP contribution in [-0.4, -0.2) is 83.2 Å². The van der Waals surface area contributed by atoms with Gasteiger partial charge in [-0.15, -0.1) is 10.2 Å². The molecule has 52 heavy (non-hydrogen) atoms. The minimum atomic E-state index is -0.827. The predicted octanol–water partition coefficient (Wildman–Crippen LogP) is 5.63. The topological polar surface area (TPSA) is 163 Å². The zero-order valence-electron chi connectivity index (χ0n) is 29.6. The van der Waals surface area contributed by atoms with Gasteiger partial charge in [0.25, 0.3) is 0 Å². The van der Waals surface area contributed by atoms with E-state index in [0.717, 1.165) is 34.9 Å². The van der Waals surface area contributed by atoms with Crippen LogP contribution in [-0.2, 0) is 24.9 Å². The molecule has 0 spiro atoms. The average molecular weight is 727 g/mol. The number of rotatable bonds is 9. The summed E-state index contributed by atoms with van der Waals surface area (Å²) in [6.07, 6.45) is -0.568. The number of aromatic nitrogens is 5. The molecule has 0 saturated heterocycles. The first-order valence-corrected chi connectivity index (χ1v) is 17.7. The van der Waals surface area contributed by atoms with Gasteiger partial charge in [-0.1, -0.05) is 50.1 Å². The first-order valence-electron chi connectivity index (χ1n) is 17.4. The fraction of sp³-hybridized carbons (Fsp3) is 0.368. The van der Waals surface area contributed by atoms with E-state index in [2.05, 4.69) is 46.5 Å². The van der Waals surface area contributed by atoms with Crippen molar-refractivity contribution in [2.45, 2.75) is 64.6 Å². The van der Waals surface area contributed by atoms with Gasteiger partial charge in [0.15, 0.2) is 5.82 Å². The molecule has 3 aromatic carbocycles. The van der Waals surface area contributed by atoms with Crippen LogP contribution in [0.1, 0.15) is 54.9 Å². The molecule has 1 aliphatic carbocycles. The van der Waals surface area contributed by atoms with Crippen LogP contribution in [0.2, 0.25) is 5.02 Å². The zero-order chi connectivity index (χ0) is 36.7. The molecule has 2 unspecified atom stereocenters. The van der Waals surface area contributed by atoms with E-state index in [1.54, 1.807) is 35.0 Å². The number of amides is 2. The normalized spacial score (nSPS) is 17.1. The van der Waals surface area contributed by atoms with Gasteiger partial charge in [0, 0.05) is 59.7 Å². The Kier molecular flexibility index (Phi) is 9.70. The van der Waals surface area contributed by atoms with Gasteiger partial charge in [0.2, 0.25) is 0 Å². The largest absolute Gasteiger partial charge is 0.507 e. The number of aliphatic hydroxyl groups excluding tert-OH is 2. The summed E-state index contributed by atoms with van der Waals surface area (Å²) in [6, 6.07) is 17.7. The SMILES string of the molecule is Cc1ccc(-n2nc(C(C)(C)C)cc2NC(=O)Nc2ccc(OCCN3CCn4c(nnc4-c4cc(Cl)ccc4O)C3)c3c2CC(O)C3CO)cc1. The van der Waals surface area contributed by atoms with Gasteiger partial charge in [0.05, 0.1) is 36.2 Å². The number of phenols is 1. The molecule has 2 amide bonds. The molecule has 0 bridgehead atoms. The van der Waals surface area contributed by atoms with Gasteiger partial charge in [0.1, 0.15) is 29.7 Å². The molecule has 2 aliphatic rings. The standard InChI is InChI=1S/C38H43ClN8O5/c1-22-5-8-24(9-6-22)47-33(19-32(44-47)38(2,3)4)41-37(51)40-28-10-12-31(35-25(28)18-30(50)27(35)21-48)52-16-15-45-13-14-46-34(20-45)42-43-36(46)26-17-23(39)7-11-29(26)49/h5-12,17,19,27,30,48-50H,13-16,18,20-21H2,1-4H3,(H2,40,41,51). The number of aromatic hydroxyl groups is 1. The zero-order valence-corrected chi connectivity index (χ0v) is 30.4. The Balaban J connectivity index is 1.04. The molecule has 3 heterocycles. The smallest absolute Gasteiger partial charge is 0.324 e. The number of nitrogens with one attached hydrogen (secondary N) is 2. The Bertz CT molecular complexity index is 2110. The summed E-state index contributed by atoms with van der Waals surface area (Å²) in [6.45, 7) is 10.8. The van der Waals surface area contributed by atoms with Crippen LogP contribution in [0.4, 0.5) is 16.3 Å². The second kappa shape index (κ2) is 14.2. The molecule has 0 saturated carbocycles.